The lowest BCUT2D eigenvalue weighted by molar-refractivity contribution is 0.915. The lowest BCUT2D eigenvalue weighted by atomic mass is 10.0. The Balaban J connectivity index is 2.27. The highest BCUT2D eigenvalue weighted by atomic mass is 14.0. The second-order valence-electron chi connectivity index (χ2n) is 5.44. The summed E-state index contributed by atoms with van der Waals surface area (Å²) in [7, 11) is 0. The van der Waals surface area contributed by atoms with E-state index in [4.69, 9.17) is 0 Å². The maximum absolute atomic E-state index is 4.16. The number of benzene rings is 1. The van der Waals surface area contributed by atoms with E-state index in [0.717, 1.165) is 19.3 Å². The first-order valence-corrected chi connectivity index (χ1v) is 7.27. The Bertz CT molecular complexity index is 494. The van der Waals surface area contributed by atoms with Crippen molar-refractivity contribution in [2.24, 2.45) is 0 Å². The van der Waals surface area contributed by atoms with Crippen LogP contribution in [0.1, 0.15) is 45.6 Å². The molecule has 0 nitrogen and oxygen atoms in total. The van der Waals surface area contributed by atoms with Crippen LogP contribution in [0.2, 0.25) is 0 Å². The smallest absolute Gasteiger partial charge is 0.0111 e. The predicted octanol–water partition coefficient (Wildman–Crippen LogP) is 6.34. The molecular formula is C20H26. The number of hydrogen-bond donors (Lipinski definition) is 0. The molecule has 20 heavy (non-hydrogen) atoms. The van der Waals surface area contributed by atoms with E-state index >= 15 is 0 Å². The fraction of sp³-hybridized carbons (Fsp3) is 0.300. The van der Waals surface area contributed by atoms with E-state index in [1.807, 2.05) is 6.07 Å². The molecule has 0 heterocycles. The second kappa shape index (κ2) is 9.14. The predicted molar refractivity (Wildman–Crippen MR) is 91.7 cm³/mol. The molecule has 0 aliphatic carbocycles. The Labute approximate surface area is 124 Å². The minimum atomic E-state index is 1.04. The molecule has 0 amide bonds. The van der Waals surface area contributed by atoms with E-state index in [9.17, 15) is 0 Å². The molecule has 0 fully saturated rings. The van der Waals surface area contributed by atoms with Crippen molar-refractivity contribution in [3.05, 3.63) is 77.4 Å². The molecule has 0 atom stereocenters. The first kappa shape index (κ1) is 16.2. The van der Waals surface area contributed by atoms with Gasteiger partial charge in [-0.15, -0.1) is 0 Å². The van der Waals surface area contributed by atoms with Crippen molar-refractivity contribution in [2.45, 2.75) is 40.0 Å². The molecule has 106 valence electrons. The highest BCUT2D eigenvalue weighted by Crippen LogP contribution is 2.16. The van der Waals surface area contributed by atoms with Crippen LogP contribution in [0.5, 0.6) is 0 Å². The van der Waals surface area contributed by atoms with E-state index in [1.165, 1.54) is 22.3 Å². The molecule has 0 N–H and O–H groups in total. The lowest BCUT2D eigenvalue weighted by Crippen LogP contribution is -1.86. The van der Waals surface area contributed by atoms with Crippen molar-refractivity contribution in [3.63, 3.8) is 0 Å². The van der Waals surface area contributed by atoms with Crippen LogP contribution < -0.4 is 0 Å². The Hall–Kier alpha value is -1.82. The van der Waals surface area contributed by atoms with Crippen LogP contribution in [0.3, 0.4) is 0 Å². The molecule has 0 aromatic heterocycles. The van der Waals surface area contributed by atoms with Gasteiger partial charge < -0.3 is 0 Å². The summed E-state index contributed by atoms with van der Waals surface area (Å²) in [5.74, 6) is 0. The maximum atomic E-state index is 4.16. The Morgan fingerprint density at radius 1 is 1.05 bits per heavy atom. The van der Waals surface area contributed by atoms with Crippen LogP contribution in [-0.4, -0.2) is 0 Å². The third-order valence-corrected chi connectivity index (χ3v) is 3.37. The molecule has 1 aromatic carbocycles. The van der Waals surface area contributed by atoms with Crippen LogP contribution in [0, 0.1) is 0 Å². The molecule has 0 saturated heterocycles. The number of allylic oxidation sites excluding steroid dienone is 6. The Morgan fingerprint density at radius 3 is 2.40 bits per heavy atom. The minimum absolute atomic E-state index is 1.04. The molecule has 1 aromatic rings. The first-order valence-electron chi connectivity index (χ1n) is 7.27. The van der Waals surface area contributed by atoms with Gasteiger partial charge in [0.1, 0.15) is 0 Å². The van der Waals surface area contributed by atoms with Crippen molar-refractivity contribution >= 4 is 6.08 Å². The van der Waals surface area contributed by atoms with Gasteiger partial charge in [0.25, 0.3) is 0 Å². The molecule has 0 aliphatic rings. The minimum Gasteiger partial charge on any atom is -0.0995 e. The molecule has 0 unspecified atom stereocenters. The fourth-order valence-electron chi connectivity index (χ4n) is 1.83. The molecule has 1 rings (SSSR count). The van der Waals surface area contributed by atoms with E-state index < -0.39 is 0 Å². The first-order chi connectivity index (χ1) is 9.59. The fourth-order valence-corrected chi connectivity index (χ4v) is 1.83. The van der Waals surface area contributed by atoms with Crippen molar-refractivity contribution in [1.29, 1.82) is 0 Å². The SMILES string of the molecule is C=C(CCC=C/C=C/c1ccccc1)CC(C)=C(C)C. The highest BCUT2D eigenvalue weighted by molar-refractivity contribution is 5.50. The molecule has 0 spiro atoms. The summed E-state index contributed by atoms with van der Waals surface area (Å²) >= 11 is 0. The van der Waals surface area contributed by atoms with Gasteiger partial charge in [-0.3, -0.25) is 0 Å². The lowest BCUT2D eigenvalue weighted by Gasteiger charge is -2.06. The van der Waals surface area contributed by atoms with Crippen molar-refractivity contribution in [3.8, 4) is 0 Å². The van der Waals surface area contributed by atoms with E-state index in [2.05, 4.69) is 75.9 Å². The molecule has 0 bridgehead atoms. The summed E-state index contributed by atoms with van der Waals surface area (Å²) in [6.45, 7) is 10.7. The zero-order valence-electron chi connectivity index (χ0n) is 13.0. The summed E-state index contributed by atoms with van der Waals surface area (Å²) in [6.07, 6.45) is 11.7. The standard InChI is InChI=1S/C20H26/c1-17(2)19(4)16-18(3)12-8-5-6-9-13-20-14-10-7-11-15-20/h5-7,9-11,13-15H,3,8,12,16H2,1-2,4H3/b6-5?,13-9+. The topological polar surface area (TPSA) is 0 Å². The number of rotatable bonds is 7. The Kier molecular flexibility index (Phi) is 7.42. The van der Waals surface area contributed by atoms with Crippen LogP contribution in [-0.2, 0) is 0 Å². The van der Waals surface area contributed by atoms with Gasteiger partial charge in [0, 0.05) is 0 Å². The summed E-state index contributed by atoms with van der Waals surface area (Å²) in [5.41, 5.74) is 5.41. The van der Waals surface area contributed by atoms with Gasteiger partial charge in [-0.2, -0.15) is 0 Å². The average Bonchev–Trinajstić information content (AvgIpc) is 2.43. The molecule has 0 radical (unpaired) electrons. The van der Waals surface area contributed by atoms with Crippen LogP contribution >= 0.6 is 0 Å². The molecular weight excluding hydrogens is 240 g/mol. The second-order valence-corrected chi connectivity index (χ2v) is 5.44. The molecule has 0 aliphatic heterocycles. The summed E-state index contributed by atoms with van der Waals surface area (Å²) in [5, 5.41) is 0. The van der Waals surface area contributed by atoms with Crippen molar-refractivity contribution < 1.29 is 0 Å². The number of hydrogen-bond acceptors (Lipinski definition) is 0. The third kappa shape index (κ3) is 6.94. The quantitative estimate of drug-likeness (QED) is 0.399. The summed E-state index contributed by atoms with van der Waals surface area (Å²) < 4.78 is 0. The van der Waals surface area contributed by atoms with Gasteiger partial charge in [-0.1, -0.05) is 77.9 Å². The van der Waals surface area contributed by atoms with Crippen LogP contribution in [0.4, 0.5) is 0 Å². The van der Waals surface area contributed by atoms with E-state index in [1.54, 1.807) is 0 Å². The van der Waals surface area contributed by atoms with Gasteiger partial charge in [-0.25, -0.2) is 0 Å². The maximum Gasteiger partial charge on any atom is -0.0111 e. The van der Waals surface area contributed by atoms with Crippen molar-refractivity contribution in [2.75, 3.05) is 0 Å². The highest BCUT2D eigenvalue weighted by Gasteiger charge is 1.96. The van der Waals surface area contributed by atoms with Crippen molar-refractivity contribution in [1.82, 2.24) is 0 Å². The zero-order chi connectivity index (χ0) is 14.8. The normalized spacial score (nSPS) is 11.2. The summed E-state index contributed by atoms with van der Waals surface area (Å²) in [6, 6.07) is 10.4. The molecule has 0 saturated carbocycles. The van der Waals surface area contributed by atoms with E-state index in [-0.39, 0.29) is 0 Å². The summed E-state index contributed by atoms with van der Waals surface area (Å²) in [4.78, 5) is 0. The van der Waals surface area contributed by atoms with E-state index in [0.29, 0.717) is 0 Å². The third-order valence-electron chi connectivity index (χ3n) is 3.37. The largest absolute Gasteiger partial charge is 0.0995 e. The van der Waals surface area contributed by atoms with Gasteiger partial charge >= 0.3 is 0 Å². The van der Waals surface area contributed by atoms with Crippen LogP contribution in [0.25, 0.3) is 6.08 Å². The van der Waals surface area contributed by atoms with Crippen LogP contribution in [0.15, 0.2) is 71.9 Å². The van der Waals surface area contributed by atoms with Gasteiger partial charge in [-0.05, 0) is 45.6 Å². The van der Waals surface area contributed by atoms with Gasteiger partial charge in [0.05, 0.1) is 0 Å². The average molecular weight is 266 g/mol. The molecule has 0 heteroatoms. The monoisotopic (exact) mass is 266 g/mol. The van der Waals surface area contributed by atoms with Gasteiger partial charge in [0.15, 0.2) is 0 Å². The Morgan fingerprint density at radius 2 is 1.75 bits per heavy atom. The van der Waals surface area contributed by atoms with Gasteiger partial charge in [0.2, 0.25) is 0 Å². The zero-order valence-corrected chi connectivity index (χ0v) is 13.0.